The first-order valence-corrected chi connectivity index (χ1v) is 13.6. The van der Waals surface area contributed by atoms with Gasteiger partial charge in [-0.1, -0.05) is 30.0 Å². The lowest BCUT2D eigenvalue weighted by molar-refractivity contribution is -0.113. The maximum atomic E-state index is 12.8. The number of nitrogens with zero attached hydrogens (tertiary/aromatic N) is 3. The van der Waals surface area contributed by atoms with Crippen LogP contribution in [0.1, 0.15) is 33.5 Å². The Hall–Kier alpha value is -4.84. The molecule has 0 spiro atoms. The van der Waals surface area contributed by atoms with Crippen LogP contribution >= 0.6 is 11.8 Å². The summed E-state index contributed by atoms with van der Waals surface area (Å²) in [5.74, 6) is 0.566. The number of esters is 1. The lowest BCUT2D eigenvalue weighted by Gasteiger charge is -2.15. The molecule has 3 aromatic carbocycles. The third-order valence-electron chi connectivity index (χ3n) is 5.78. The average molecular weight is 576 g/mol. The van der Waals surface area contributed by atoms with E-state index in [4.69, 9.17) is 14.2 Å². The molecule has 4 aromatic rings. The number of nitrogens with one attached hydrogen (secondary N) is 2. The van der Waals surface area contributed by atoms with Gasteiger partial charge in [0, 0.05) is 17.3 Å². The maximum absolute atomic E-state index is 12.8. The minimum Gasteiger partial charge on any atom is -0.497 e. The molecule has 4 rings (SSSR count). The van der Waals surface area contributed by atoms with Crippen LogP contribution in [0.4, 0.5) is 5.69 Å². The summed E-state index contributed by atoms with van der Waals surface area (Å²) in [5.41, 5.74) is 2.02. The molecule has 1 aromatic heterocycles. The molecule has 0 aliphatic carbocycles. The highest BCUT2D eigenvalue weighted by Gasteiger charge is 2.20. The first-order chi connectivity index (χ1) is 19.9. The van der Waals surface area contributed by atoms with Gasteiger partial charge in [-0.05, 0) is 55.5 Å². The van der Waals surface area contributed by atoms with Crippen LogP contribution in [0.25, 0.3) is 5.69 Å². The first-order valence-electron chi connectivity index (χ1n) is 12.6. The standard InChI is InChI=1S/C29H29N5O6S/c1-4-40-28(37)20-10-12-21(13-11-20)31-26(35)18-41-29-33-32-25(17-30-27(36)19-8-6-5-7-9-19)34(29)23-16-22(38-2)14-15-24(23)39-3/h5-16H,4,17-18H2,1-3H3,(H,30,36)(H,31,35). The van der Waals surface area contributed by atoms with E-state index < -0.39 is 5.97 Å². The van der Waals surface area contributed by atoms with Crippen molar-refractivity contribution in [2.75, 3.05) is 31.9 Å². The van der Waals surface area contributed by atoms with Crippen LogP contribution in [-0.4, -0.2) is 59.1 Å². The largest absolute Gasteiger partial charge is 0.497 e. The summed E-state index contributed by atoms with van der Waals surface area (Å²) in [4.78, 5) is 37.3. The second-order valence-electron chi connectivity index (χ2n) is 8.46. The highest BCUT2D eigenvalue weighted by atomic mass is 32.2. The van der Waals surface area contributed by atoms with E-state index in [0.717, 1.165) is 11.8 Å². The van der Waals surface area contributed by atoms with Gasteiger partial charge in [-0.15, -0.1) is 10.2 Å². The number of amides is 2. The number of methoxy groups -OCH3 is 2. The molecule has 2 amide bonds. The zero-order chi connectivity index (χ0) is 29.2. The van der Waals surface area contributed by atoms with Gasteiger partial charge in [0.2, 0.25) is 5.91 Å². The monoisotopic (exact) mass is 575 g/mol. The molecule has 1 heterocycles. The van der Waals surface area contributed by atoms with Crippen molar-refractivity contribution in [2.24, 2.45) is 0 Å². The minimum atomic E-state index is -0.427. The summed E-state index contributed by atoms with van der Waals surface area (Å²) >= 11 is 1.16. The van der Waals surface area contributed by atoms with E-state index in [-0.39, 0.29) is 30.7 Å². The van der Waals surface area contributed by atoms with Gasteiger partial charge in [-0.2, -0.15) is 0 Å². The van der Waals surface area contributed by atoms with Gasteiger partial charge in [0.15, 0.2) is 11.0 Å². The quantitative estimate of drug-likeness (QED) is 0.189. The zero-order valence-electron chi connectivity index (χ0n) is 22.7. The van der Waals surface area contributed by atoms with Gasteiger partial charge < -0.3 is 24.8 Å². The molecule has 0 bridgehead atoms. The van der Waals surface area contributed by atoms with Crippen molar-refractivity contribution in [3.8, 4) is 17.2 Å². The zero-order valence-corrected chi connectivity index (χ0v) is 23.6. The molecular formula is C29H29N5O6S. The molecule has 0 aliphatic rings. The molecule has 0 saturated heterocycles. The second kappa shape index (κ2) is 14.0. The van der Waals surface area contributed by atoms with Crippen LogP contribution in [0.3, 0.4) is 0 Å². The lowest BCUT2D eigenvalue weighted by atomic mass is 10.2. The summed E-state index contributed by atoms with van der Waals surface area (Å²) < 4.78 is 17.7. The highest BCUT2D eigenvalue weighted by molar-refractivity contribution is 7.99. The van der Waals surface area contributed by atoms with Crippen molar-refractivity contribution in [2.45, 2.75) is 18.6 Å². The molecule has 0 unspecified atom stereocenters. The number of thioether (sulfide) groups is 1. The van der Waals surface area contributed by atoms with Crippen LogP contribution < -0.4 is 20.1 Å². The molecule has 0 aliphatic heterocycles. The van der Waals surface area contributed by atoms with Crippen LogP contribution in [-0.2, 0) is 16.1 Å². The van der Waals surface area contributed by atoms with E-state index in [1.807, 2.05) is 6.07 Å². The summed E-state index contributed by atoms with van der Waals surface area (Å²) in [6.45, 7) is 2.08. The number of aromatic nitrogens is 3. The molecule has 0 fully saturated rings. The molecular weight excluding hydrogens is 546 g/mol. The minimum absolute atomic E-state index is 0.0143. The number of rotatable bonds is 12. The highest BCUT2D eigenvalue weighted by Crippen LogP contribution is 2.32. The molecule has 212 valence electrons. The summed E-state index contributed by atoms with van der Waals surface area (Å²) in [6.07, 6.45) is 0. The normalized spacial score (nSPS) is 10.5. The smallest absolute Gasteiger partial charge is 0.338 e. The van der Waals surface area contributed by atoms with Gasteiger partial charge in [-0.3, -0.25) is 14.2 Å². The number of hydrogen-bond donors (Lipinski definition) is 2. The van der Waals surface area contributed by atoms with Crippen LogP contribution in [0.5, 0.6) is 11.5 Å². The van der Waals surface area contributed by atoms with Gasteiger partial charge in [0.25, 0.3) is 5.91 Å². The first kappa shape index (κ1) is 29.2. The Morgan fingerprint density at radius 1 is 0.902 bits per heavy atom. The Morgan fingerprint density at radius 3 is 2.34 bits per heavy atom. The summed E-state index contributed by atoms with van der Waals surface area (Å²) in [6, 6.07) is 20.5. The molecule has 11 nitrogen and oxygen atoms in total. The fourth-order valence-electron chi connectivity index (χ4n) is 3.80. The van der Waals surface area contributed by atoms with Crippen LogP contribution in [0.15, 0.2) is 78.0 Å². The molecule has 0 saturated carbocycles. The van der Waals surface area contributed by atoms with E-state index in [9.17, 15) is 14.4 Å². The predicted octanol–water partition coefficient (Wildman–Crippen LogP) is 4.12. The molecule has 41 heavy (non-hydrogen) atoms. The summed E-state index contributed by atoms with van der Waals surface area (Å²) in [7, 11) is 3.10. The van der Waals surface area contributed by atoms with Crippen molar-refractivity contribution < 1.29 is 28.6 Å². The molecule has 0 atom stereocenters. The Morgan fingerprint density at radius 2 is 1.66 bits per heavy atom. The average Bonchev–Trinajstić information content (AvgIpc) is 3.41. The molecule has 2 N–H and O–H groups in total. The van der Waals surface area contributed by atoms with Gasteiger partial charge in [0.05, 0.1) is 44.4 Å². The Labute approximate surface area is 241 Å². The van der Waals surface area contributed by atoms with Crippen molar-refractivity contribution >= 4 is 35.2 Å². The van der Waals surface area contributed by atoms with Crippen LogP contribution in [0.2, 0.25) is 0 Å². The van der Waals surface area contributed by atoms with Crippen molar-refractivity contribution in [3.63, 3.8) is 0 Å². The number of carbonyl (C=O) groups is 3. The Bertz CT molecular complexity index is 1510. The third-order valence-corrected chi connectivity index (χ3v) is 6.71. The van der Waals surface area contributed by atoms with E-state index >= 15 is 0 Å². The number of carbonyl (C=O) groups excluding carboxylic acids is 3. The SMILES string of the molecule is CCOC(=O)c1ccc(NC(=O)CSc2nnc(CNC(=O)c3ccccc3)n2-c2cc(OC)ccc2OC)cc1. The van der Waals surface area contributed by atoms with Crippen LogP contribution in [0, 0.1) is 0 Å². The number of ether oxygens (including phenoxy) is 3. The number of hydrogen-bond acceptors (Lipinski definition) is 9. The maximum Gasteiger partial charge on any atom is 0.338 e. The van der Waals surface area contributed by atoms with E-state index in [2.05, 4.69) is 20.8 Å². The van der Waals surface area contributed by atoms with Crippen molar-refractivity contribution in [1.29, 1.82) is 0 Å². The topological polar surface area (TPSA) is 134 Å². The Balaban J connectivity index is 1.53. The van der Waals surface area contributed by atoms with E-state index in [1.165, 1.54) is 0 Å². The summed E-state index contributed by atoms with van der Waals surface area (Å²) in [5, 5.41) is 14.7. The van der Waals surface area contributed by atoms with Crippen molar-refractivity contribution in [3.05, 3.63) is 89.7 Å². The fraction of sp³-hybridized carbons (Fsp3) is 0.207. The predicted molar refractivity (Wildman–Crippen MR) is 154 cm³/mol. The lowest BCUT2D eigenvalue weighted by Crippen LogP contribution is -2.24. The van der Waals surface area contributed by atoms with Gasteiger partial charge >= 0.3 is 5.97 Å². The number of benzene rings is 3. The number of anilines is 1. The van der Waals surface area contributed by atoms with E-state index in [1.54, 1.807) is 92.4 Å². The fourth-order valence-corrected chi connectivity index (χ4v) is 4.57. The van der Waals surface area contributed by atoms with Gasteiger partial charge in [0.1, 0.15) is 11.5 Å². The third kappa shape index (κ3) is 7.42. The second-order valence-corrected chi connectivity index (χ2v) is 9.40. The van der Waals surface area contributed by atoms with Crippen molar-refractivity contribution in [1.82, 2.24) is 20.1 Å². The Kier molecular flexibility index (Phi) is 9.94. The molecule has 12 heteroatoms. The van der Waals surface area contributed by atoms with Gasteiger partial charge in [-0.25, -0.2) is 4.79 Å². The van der Waals surface area contributed by atoms with E-state index in [0.29, 0.717) is 45.0 Å². The molecule has 0 radical (unpaired) electrons.